The number of rotatable bonds is 10. The van der Waals surface area contributed by atoms with Crippen molar-refractivity contribution in [1.29, 1.82) is 0 Å². The first-order valence-corrected chi connectivity index (χ1v) is 12.6. The summed E-state index contributed by atoms with van der Waals surface area (Å²) < 4.78 is 1.79. The van der Waals surface area contributed by atoms with Crippen LogP contribution in [0.4, 0.5) is 11.4 Å². The van der Waals surface area contributed by atoms with Crippen molar-refractivity contribution in [2.75, 3.05) is 22.6 Å². The molecule has 7 nitrogen and oxygen atoms in total. The number of thioether (sulfide) groups is 2. The lowest BCUT2D eigenvalue weighted by Crippen LogP contribution is -2.18. The highest BCUT2D eigenvalue weighted by molar-refractivity contribution is 7.99. The summed E-state index contributed by atoms with van der Waals surface area (Å²) in [7, 11) is 0. The maximum absolute atomic E-state index is 12.6. The van der Waals surface area contributed by atoms with Crippen LogP contribution in [0.15, 0.2) is 65.2 Å². The number of hydrogen-bond acceptors (Lipinski definition) is 6. The Labute approximate surface area is 206 Å². The molecule has 0 spiro atoms. The van der Waals surface area contributed by atoms with Crippen LogP contribution in [-0.2, 0) is 22.6 Å². The van der Waals surface area contributed by atoms with E-state index in [1.54, 1.807) is 40.6 Å². The quantitative estimate of drug-likeness (QED) is 0.298. The summed E-state index contributed by atoms with van der Waals surface area (Å²) in [5.41, 5.74) is 2.32. The van der Waals surface area contributed by atoms with E-state index >= 15 is 0 Å². The largest absolute Gasteiger partial charge is 0.326 e. The summed E-state index contributed by atoms with van der Waals surface area (Å²) in [4.78, 5) is 26.1. The zero-order valence-electron chi connectivity index (χ0n) is 18.3. The Balaban J connectivity index is 1.62. The van der Waals surface area contributed by atoms with E-state index in [4.69, 9.17) is 11.6 Å². The summed E-state index contributed by atoms with van der Waals surface area (Å²) in [5, 5.41) is 15.3. The standard InChI is InChI=1S/C23H24ClN5O2S2/c1-4-10-29-20(13-21(30)25-17-6-5-7-18(12-17)32-3)27-28-23(29)33-14-22(31)26-19-9-8-16(24)11-15(19)2/h4-9,11-12H,1,10,13-14H2,2-3H3,(H,25,30)(H,26,31). The molecule has 3 rings (SSSR count). The Morgan fingerprint density at radius 3 is 2.70 bits per heavy atom. The molecule has 0 saturated carbocycles. The second-order valence-electron chi connectivity index (χ2n) is 7.05. The zero-order chi connectivity index (χ0) is 23.8. The molecule has 2 N–H and O–H groups in total. The van der Waals surface area contributed by atoms with Crippen LogP contribution in [0.2, 0.25) is 5.02 Å². The summed E-state index contributed by atoms with van der Waals surface area (Å²) in [6.45, 7) is 6.08. The third-order valence-corrected chi connectivity index (χ3v) is 6.50. The molecule has 2 aromatic carbocycles. The topological polar surface area (TPSA) is 88.9 Å². The molecule has 2 amide bonds. The minimum atomic E-state index is -0.196. The van der Waals surface area contributed by atoms with Crippen molar-refractivity contribution in [3.8, 4) is 0 Å². The number of anilines is 2. The fourth-order valence-corrected chi connectivity index (χ4v) is 4.46. The molecule has 10 heteroatoms. The lowest BCUT2D eigenvalue weighted by Gasteiger charge is -2.10. The maximum atomic E-state index is 12.6. The Kier molecular flexibility index (Phi) is 8.99. The first kappa shape index (κ1) is 24.9. The number of carbonyl (C=O) groups excluding carboxylic acids is 2. The minimum Gasteiger partial charge on any atom is -0.326 e. The van der Waals surface area contributed by atoms with Gasteiger partial charge in [0.25, 0.3) is 0 Å². The molecule has 0 radical (unpaired) electrons. The van der Waals surface area contributed by atoms with Gasteiger partial charge in [-0.15, -0.1) is 28.5 Å². The Morgan fingerprint density at radius 1 is 1.15 bits per heavy atom. The van der Waals surface area contributed by atoms with Gasteiger partial charge < -0.3 is 15.2 Å². The van der Waals surface area contributed by atoms with E-state index in [1.807, 2.05) is 37.4 Å². The molecule has 0 unspecified atom stereocenters. The van der Waals surface area contributed by atoms with Crippen LogP contribution < -0.4 is 10.6 Å². The average molecular weight is 502 g/mol. The number of aromatic nitrogens is 3. The van der Waals surface area contributed by atoms with Gasteiger partial charge in [0, 0.05) is 27.8 Å². The molecule has 0 fully saturated rings. The number of benzene rings is 2. The molecule has 1 aromatic heterocycles. The first-order valence-electron chi connectivity index (χ1n) is 10.0. The number of nitrogens with one attached hydrogen (secondary N) is 2. The van der Waals surface area contributed by atoms with Gasteiger partial charge in [-0.2, -0.15) is 0 Å². The molecule has 0 aliphatic heterocycles. The second kappa shape index (κ2) is 11.9. The van der Waals surface area contributed by atoms with E-state index in [2.05, 4.69) is 27.4 Å². The highest BCUT2D eigenvalue weighted by Crippen LogP contribution is 2.22. The number of aryl methyl sites for hydroxylation is 1. The van der Waals surface area contributed by atoms with Gasteiger partial charge in [0.2, 0.25) is 11.8 Å². The van der Waals surface area contributed by atoms with Crippen molar-refractivity contribution >= 4 is 58.3 Å². The number of carbonyl (C=O) groups is 2. The van der Waals surface area contributed by atoms with Crippen LogP contribution >= 0.6 is 35.1 Å². The number of allylic oxidation sites excluding steroid dienone is 1. The highest BCUT2D eigenvalue weighted by atomic mass is 35.5. The number of hydrogen-bond donors (Lipinski definition) is 2. The molecule has 0 bridgehead atoms. The van der Waals surface area contributed by atoms with Crippen LogP contribution in [-0.4, -0.2) is 38.6 Å². The Hall–Kier alpha value is -2.75. The van der Waals surface area contributed by atoms with Crippen molar-refractivity contribution in [2.45, 2.75) is 29.9 Å². The average Bonchev–Trinajstić information content (AvgIpc) is 3.15. The third-order valence-electron chi connectivity index (χ3n) is 4.57. The summed E-state index contributed by atoms with van der Waals surface area (Å²) in [6, 6.07) is 12.9. The smallest absolute Gasteiger partial charge is 0.234 e. The molecular formula is C23H24ClN5O2S2. The van der Waals surface area contributed by atoms with Crippen molar-refractivity contribution in [2.24, 2.45) is 0 Å². The lowest BCUT2D eigenvalue weighted by molar-refractivity contribution is -0.116. The van der Waals surface area contributed by atoms with Gasteiger partial charge in [0.15, 0.2) is 5.16 Å². The summed E-state index contributed by atoms with van der Waals surface area (Å²) >= 11 is 8.82. The van der Waals surface area contributed by atoms with Crippen LogP contribution in [0.1, 0.15) is 11.4 Å². The molecule has 0 aliphatic carbocycles. The predicted octanol–water partition coefficient (Wildman–Crippen LogP) is 5.06. The fraction of sp³-hybridized carbons (Fsp3) is 0.217. The van der Waals surface area contributed by atoms with Crippen molar-refractivity contribution in [1.82, 2.24) is 14.8 Å². The van der Waals surface area contributed by atoms with Crippen LogP contribution in [0, 0.1) is 6.92 Å². The molecule has 0 aliphatic rings. The molecule has 172 valence electrons. The van der Waals surface area contributed by atoms with E-state index in [9.17, 15) is 9.59 Å². The van der Waals surface area contributed by atoms with Crippen molar-refractivity contribution in [3.63, 3.8) is 0 Å². The SMILES string of the molecule is C=CCn1c(CC(=O)Nc2cccc(SC)c2)nnc1SCC(=O)Nc1ccc(Cl)cc1C. The van der Waals surface area contributed by atoms with Gasteiger partial charge in [-0.25, -0.2) is 0 Å². The van der Waals surface area contributed by atoms with E-state index in [0.29, 0.717) is 28.2 Å². The second-order valence-corrected chi connectivity index (χ2v) is 9.31. The van der Waals surface area contributed by atoms with Gasteiger partial charge in [0.1, 0.15) is 5.82 Å². The molecular weight excluding hydrogens is 478 g/mol. The molecule has 1 heterocycles. The Morgan fingerprint density at radius 2 is 1.97 bits per heavy atom. The lowest BCUT2D eigenvalue weighted by atomic mass is 10.2. The molecule has 3 aromatic rings. The van der Waals surface area contributed by atoms with E-state index in [1.165, 1.54) is 11.8 Å². The molecule has 0 atom stereocenters. The van der Waals surface area contributed by atoms with Gasteiger partial charge in [-0.3, -0.25) is 9.59 Å². The fourth-order valence-electron chi connectivity index (χ4n) is 3.00. The van der Waals surface area contributed by atoms with E-state index < -0.39 is 0 Å². The van der Waals surface area contributed by atoms with E-state index in [-0.39, 0.29) is 24.0 Å². The van der Waals surface area contributed by atoms with Crippen molar-refractivity contribution < 1.29 is 9.59 Å². The number of halogens is 1. The summed E-state index contributed by atoms with van der Waals surface area (Å²) in [5.74, 6) is 0.278. The van der Waals surface area contributed by atoms with Crippen molar-refractivity contribution in [3.05, 3.63) is 71.5 Å². The van der Waals surface area contributed by atoms with E-state index in [0.717, 1.165) is 16.1 Å². The zero-order valence-corrected chi connectivity index (χ0v) is 20.7. The van der Waals surface area contributed by atoms with Crippen LogP contribution in [0.5, 0.6) is 0 Å². The normalized spacial score (nSPS) is 10.6. The number of nitrogens with zero attached hydrogens (tertiary/aromatic N) is 3. The van der Waals surface area contributed by atoms with Crippen LogP contribution in [0.3, 0.4) is 0 Å². The third kappa shape index (κ3) is 7.12. The molecule has 0 saturated heterocycles. The molecule has 33 heavy (non-hydrogen) atoms. The van der Waals surface area contributed by atoms with Gasteiger partial charge >= 0.3 is 0 Å². The first-order chi connectivity index (χ1) is 15.9. The van der Waals surface area contributed by atoms with Gasteiger partial charge in [0.05, 0.1) is 12.2 Å². The van der Waals surface area contributed by atoms with Gasteiger partial charge in [-0.05, 0) is 55.1 Å². The minimum absolute atomic E-state index is 0.0566. The van der Waals surface area contributed by atoms with Gasteiger partial charge in [-0.1, -0.05) is 35.5 Å². The number of amides is 2. The maximum Gasteiger partial charge on any atom is 0.234 e. The Bertz CT molecular complexity index is 1170. The highest BCUT2D eigenvalue weighted by Gasteiger charge is 2.17. The summed E-state index contributed by atoms with van der Waals surface area (Å²) in [6.07, 6.45) is 3.74. The monoisotopic (exact) mass is 501 g/mol. The predicted molar refractivity (Wildman–Crippen MR) is 136 cm³/mol. The van der Waals surface area contributed by atoms with Crippen LogP contribution in [0.25, 0.3) is 0 Å².